The number of amides is 1. The first-order chi connectivity index (χ1) is 12.5. The molecule has 3 aromatic carbocycles. The number of anilines is 1. The predicted molar refractivity (Wildman–Crippen MR) is 119 cm³/mol. The molecular weight excluding hydrogens is 579 g/mol. The molecule has 0 saturated carbocycles. The molecule has 0 bridgehead atoms. The Morgan fingerprint density at radius 2 is 1.69 bits per heavy atom. The summed E-state index contributed by atoms with van der Waals surface area (Å²) in [5.41, 5.74) is 0.842. The molecule has 0 fully saturated rings. The van der Waals surface area contributed by atoms with Crippen molar-refractivity contribution in [2.45, 2.75) is 0 Å². The quantitative estimate of drug-likeness (QED) is 0.351. The number of halogens is 3. The van der Waals surface area contributed by atoms with E-state index in [9.17, 15) is 9.90 Å². The van der Waals surface area contributed by atoms with Gasteiger partial charge in [0.15, 0.2) is 5.75 Å². The van der Waals surface area contributed by atoms with Crippen LogP contribution in [0.1, 0.15) is 10.4 Å². The minimum Gasteiger partial charge on any atom is -0.506 e. The Bertz CT molecular complexity index is 947. The molecule has 4 nitrogen and oxygen atoms in total. The second-order valence-corrected chi connectivity index (χ2v) is 7.95. The van der Waals surface area contributed by atoms with Gasteiger partial charge in [0.1, 0.15) is 11.5 Å². The van der Waals surface area contributed by atoms with Crippen LogP contribution in [0.2, 0.25) is 5.02 Å². The highest BCUT2D eigenvalue weighted by molar-refractivity contribution is 14.1. The van der Waals surface area contributed by atoms with Gasteiger partial charge in [0.05, 0.1) is 12.7 Å². The normalized spacial score (nSPS) is 10.4. The Labute approximate surface area is 182 Å². The van der Waals surface area contributed by atoms with Crippen molar-refractivity contribution in [3.8, 4) is 17.2 Å². The minimum absolute atomic E-state index is 0.122. The summed E-state index contributed by atoms with van der Waals surface area (Å²) < 4.78 is 7.03. The summed E-state index contributed by atoms with van der Waals surface area (Å²) in [4.78, 5) is 12.5. The van der Waals surface area contributed by atoms with Crippen molar-refractivity contribution >= 4 is 68.4 Å². The zero-order valence-corrected chi connectivity index (χ0v) is 18.2. The van der Waals surface area contributed by atoms with Crippen molar-refractivity contribution in [1.82, 2.24) is 0 Å². The molecule has 0 heterocycles. The number of carbonyl (C=O) groups excluding carboxylic acids is 1. The summed E-state index contributed by atoms with van der Waals surface area (Å²) in [6.45, 7) is 0. The van der Waals surface area contributed by atoms with E-state index in [1.54, 1.807) is 42.5 Å². The zero-order chi connectivity index (χ0) is 18.7. The molecule has 0 saturated heterocycles. The van der Waals surface area contributed by atoms with Crippen LogP contribution in [0.3, 0.4) is 0 Å². The fourth-order valence-corrected chi connectivity index (χ4v) is 4.22. The zero-order valence-electron chi connectivity index (χ0n) is 13.2. The maximum atomic E-state index is 12.5. The third-order valence-corrected chi connectivity index (χ3v) is 5.51. The van der Waals surface area contributed by atoms with Crippen LogP contribution in [0.25, 0.3) is 0 Å². The fourth-order valence-electron chi connectivity index (χ4n) is 2.20. The lowest BCUT2D eigenvalue weighted by Crippen LogP contribution is -2.13. The molecule has 0 unspecified atom stereocenters. The average molecular weight is 592 g/mol. The van der Waals surface area contributed by atoms with Gasteiger partial charge in [-0.25, -0.2) is 0 Å². The SMILES string of the molecule is O=C(Nc1ccccc1)c1cc(I)c(Oc2ccc(Cl)cc2)c(I)c1O. The Morgan fingerprint density at radius 3 is 2.35 bits per heavy atom. The number of phenolic OH excluding ortho intramolecular Hbond substituents is 1. The molecule has 1 amide bonds. The lowest BCUT2D eigenvalue weighted by atomic mass is 10.1. The first-order valence-electron chi connectivity index (χ1n) is 7.46. The Kier molecular flexibility index (Phi) is 6.25. The van der Waals surface area contributed by atoms with Crippen LogP contribution in [0.4, 0.5) is 5.69 Å². The lowest BCUT2D eigenvalue weighted by molar-refractivity contribution is 0.102. The number of aromatic hydroxyl groups is 1. The van der Waals surface area contributed by atoms with E-state index < -0.39 is 0 Å². The van der Waals surface area contributed by atoms with Gasteiger partial charge in [0.2, 0.25) is 0 Å². The molecule has 26 heavy (non-hydrogen) atoms. The minimum atomic E-state index is -0.387. The molecule has 0 aromatic heterocycles. The number of para-hydroxylation sites is 1. The third-order valence-electron chi connectivity index (χ3n) is 3.46. The van der Waals surface area contributed by atoms with E-state index in [0.29, 0.717) is 29.3 Å². The van der Waals surface area contributed by atoms with E-state index in [-0.39, 0.29) is 17.2 Å². The van der Waals surface area contributed by atoms with Gasteiger partial charge in [-0.15, -0.1) is 0 Å². The van der Waals surface area contributed by atoms with Crippen molar-refractivity contribution < 1.29 is 14.6 Å². The smallest absolute Gasteiger partial charge is 0.259 e. The standard InChI is InChI=1S/C19H12ClI2NO3/c20-11-6-8-13(9-7-11)26-18-15(21)10-14(17(24)16(18)22)19(25)23-12-4-2-1-3-5-12/h1-10,24H,(H,23,25). The monoisotopic (exact) mass is 591 g/mol. The number of carbonyl (C=O) groups is 1. The summed E-state index contributed by atoms with van der Waals surface area (Å²) in [6, 6.07) is 17.6. The topological polar surface area (TPSA) is 58.6 Å². The summed E-state index contributed by atoms with van der Waals surface area (Å²) in [5, 5.41) is 13.9. The van der Waals surface area contributed by atoms with Gasteiger partial charge < -0.3 is 15.2 Å². The van der Waals surface area contributed by atoms with Crippen molar-refractivity contribution in [2.24, 2.45) is 0 Å². The van der Waals surface area contributed by atoms with E-state index in [4.69, 9.17) is 16.3 Å². The Morgan fingerprint density at radius 1 is 1.04 bits per heavy atom. The van der Waals surface area contributed by atoms with E-state index in [2.05, 4.69) is 27.9 Å². The third kappa shape index (κ3) is 4.41. The van der Waals surface area contributed by atoms with E-state index >= 15 is 0 Å². The molecular formula is C19H12ClI2NO3. The van der Waals surface area contributed by atoms with Gasteiger partial charge in [0, 0.05) is 10.7 Å². The molecule has 0 spiro atoms. The van der Waals surface area contributed by atoms with E-state index in [1.165, 1.54) is 0 Å². The van der Waals surface area contributed by atoms with Gasteiger partial charge >= 0.3 is 0 Å². The summed E-state index contributed by atoms with van der Waals surface area (Å²) in [5.74, 6) is 0.569. The van der Waals surface area contributed by atoms with Crippen LogP contribution in [-0.2, 0) is 0 Å². The van der Waals surface area contributed by atoms with Crippen LogP contribution in [0.15, 0.2) is 60.7 Å². The number of benzene rings is 3. The average Bonchev–Trinajstić information content (AvgIpc) is 2.64. The number of hydrogen-bond donors (Lipinski definition) is 2. The highest BCUT2D eigenvalue weighted by Gasteiger charge is 2.21. The fraction of sp³-hybridized carbons (Fsp3) is 0. The molecule has 3 aromatic rings. The molecule has 0 aliphatic heterocycles. The molecule has 0 aliphatic rings. The molecule has 0 aliphatic carbocycles. The predicted octanol–water partition coefficient (Wildman–Crippen LogP) is 6.30. The van der Waals surface area contributed by atoms with Gasteiger partial charge in [-0.2, -0.15) is 0 Å². The Hall–Kier alpha value is -1.52. The van der Waals surface area contributed by atoms with Crippen LogP contribution in [-0.4, -0.2) is 11.0 Å². The van der Waals surface area contributed by atoms with Crippen LogP contribution < -0.4 is 10.1 Å². The lowest BCUT2D eigenvalue weighted by Gasteiger charge is -2.14. The van der Waals surface area contributed by atoms with Crippen LogP contribution >= 0.6 is 56.8 Å². The van der Waals surface area contributed by atoms with Crippen molar-refractivity contribution in [2.75, 3.05) is 5.32 Å². The van der Waals surface area contributed by atoms with E-state index in [1.807, 2.05) is 40.8 Å². The van der Waals surface area contributed by atoms with Crippen molar-refractivity contribution in [3.63, 3.8) is 0 Å². The number of nitrogens with one attached hydrogen (secondary N) is 1. The molecule has 0 atom stereocenters. The van der Waals surface area contributed by atoms with Crippen LogP contribution in [0.5, 0.6) is 17.2 Å². The maximum absolute atomic E-state index is 12.5. The second kappa shape index (κ2) is 8.45. The van der Waals surface area contributed by atoms with Gasteiger partial charge in [0.25, 0.3) is 5.91 Å². The summed E-state index contributed by atoms with van der Waals surface area (Å²) >= 11 is 9.93. The highest BCUT2D eigenvalue weighted by Crippen LogP contribution is 2.39. The maximum Gasteiger partial charge on any atom is 0.259 e. The number of hydrogen-bond acceptors (Lipinski definition) is 3. The van der Waals surface area contributed by atoms with Crippen molar-refractivity contribution in [1.29, 1.82) is 0 Å². The number of rotatable bonds is 4. The van der Waals surface area contributed by atoms with E-state index in [0.717, 1.165) is 0 Å². The highest BCUT2D eigenvalue weighted by atomic mass is 127. The first kappa shape index (κ1) is 19.2. The molecule has 3 rings (SSSR count). The summed E-state index contributed by atoms with van der Waals surface area (Å²) in [7, 11) is 0. The number of ether oxygens (including phenoxy) is 1. The molecule has 0 radical (unpaired) electrons. The first-order valence-corrected chi connectivity index (χ1v) is 10.00. The summed E-state index contributed by atoms with van der Waals surface area (Å²) in [6.07, 6.45) is 0. The molecule has 132 valence electrons. The Balaban J connectivity index is 1.90. The van der Waals surface area contributed by atoms with Gasteiger partial charge in [-0.1, -0.05) is 29.8 Å². The van der Waals surface area contributed by atoms with Gasteiger partial charge in [-0.3, -0.25) is 4.79 Å². The number of phenols is 1. The molecule has 7 heteroatoms. The second-order valence-electron chi connectivity index (χ2n) is 5.27. The molecule has 2 N–H and O–H groups in total. The van der Waals surface area contributed by atoms with Crippen molar-refractivity contribution in [3.05, 3.63) is 78.4 Å². The largest absolute Gasteiger partial charge is 0.506 e. The van der Waals surface area contributed by atoms with Gasteiger partial charge in [-0.05, 0) is 87.6 Å². The van der Waals surface area contributed by atoms with Crippen LogP contribution in [0, 0.1) is 7.14 Å².